The van der Waals surface area contributed by atoms with Crippen LogP contribution in [0, 0.1) is 0 Å². The molecule has 9 nitrogen and oxygen atoms in total. The summed E-state index contributed by atoms with van der Waals surface area (Å²) < 4.78 is 21.7. The standard InChI is InChI=1S/C17H18N8O/c1-18-17(26)15-11(7-8-19-21-15)20-12-6-4-5-10-14-13(22-25(3)23-14)9-24(2)16(10)12/h4-8H,9H2,1-3H3,(H,18,26)(H,19,20)/i1D3. The molecule has 3 aromatic rings. The van der Waals surface area contributed by atoms with Crippen LogP contribution in [0.1, 0.15) is 20.3 Å². The van der Waals surface area contributed by atoms with Crippen molar-refractivity contribution in [1.29, 1.82) is 0 Å². The minimum Gasteiger partial charge on any atom is -0.366 e. The smallest absolute Gasteiger partial charge is 0.273 e. The molecule has 0 unspecified atom stereocenters. The molecule has 1 aliphatic heterocycles. The van der Waals surface area contributed by atoms with Gasteiger partial charge < -0.3 is 15.5 Å². The van der Waals surface area contributed by atoms with Crippen LogP contribution in [0.3, 0.4) is 0 Å². The zero-order valence-electron chi connectivity index (χ0n) is 17.2. The summed E-state index contributed by atoms with van der Waals surface area (Å²) in [6.45, 7) is -2.05. The number of nitrogens with one attached hydrogen (secondary N) is 2. The zero-order valence-corrected chi connectivity index (χ0v) is 14.2. The maximum absolute atomic E-state index is 12.3. The van der Waals surface area contributed by atoms with Crippen molar-refractivity contribution in [3.63, 3.8) is 0 Å². The minimum atomic E-state index is -2.62. The lowest BCUT2D eigenvalue weighted by Gasteiger charge is -2.28. The zero-order chi connectivity index (χ0) is 20.8. The average molecular weight is 353 g/mol. The molecule has 2 N–H and O–H groups in total. The molecule has 0 radical (unpaired) electrons. The molecule has 4 rings (SSSR count). The topological polar surface area (TPSA) is 101 Å². The Bertz CT molecular complexity index is 1090. The Morgan fingerprint density at radius 3 is 2.96 bits per heavy atom. The van der Waals surface area contributed by atoms with Gasteiger partial charge in [-0.25, -0.2) is 0 Å². The van der Waals surface area contributed by atoms with Crippen LogP contribution in [0.15, 0.2) is 30.5 Å². The molecule has 0 saturated heterocycles. The molecule has 0 fully saturated rings. The molecular formula is C17H18N8O. The van der Waals surface area contributed by atoms with Crippen LogP contribution in [0.2, 0.25) is 0 Å². The molecule has 0 aliphatic carbocycles. The molecule has 26 heavy (non-hydrogen) atoms. The summed E-state index contributed by atoms with van der Waals surface area (Å²) in [6, 6.07) is 7.26. The lowest BCUT2D eigenvalue weighted by molar-refractivity contribution is 0.0958. The van der Waals surface area contributed by atoms with Crippen LogP contribution in [0.25, 0.3) is 11.3 Å². The first-order chi connectivity index (χ1) is 13.7. The Morgan fingerprint density at radius 2 is 2.12 bits per heavy atom. The number of fused-ring (bicyclic) bond motifs is 3. The van der Waals surface area contributed by atoms with Crippen molar-refractivity contribution >= 4 is 23.0 Å². The second-order valence-electron chi connectivity index (χ2n) is 5.92. The summed E-state index contributed by atoms with van der Waals surface area (Å²) >= 11 is 0. The van der Waals surface area contributed by atoms with E-state index in [1.54, 1.807) is 13.1 Å². The van der Waals surface area contributed by atoms with Gasteiger partial charge in [-0.1, -0.05) is 12.1 Å². The second kappa shape index (κ2) is 6.10. The van der Waals surface area contributed by atoms with Gasteiger partial charge in [0.15, 0.2) is 5.69 Å². The molecule has 3 heterocycles. The fourth-order valence-corrected chi connectivity index (χ4v) is 3.12. The molecule has 1 aromatic carbocycles. The number of aryl methyl sites for hydroxylation is 1. The van der Waals surface area contributed by atoms with Crippen molar-refractivity contribution in [3.8, 4) is 11.3 Å². The van der Waals surface area contributed by atoms with E-state index in [0.29, 0.717) is 12.2 Å². The summed E-state index contributed by atoms with van der Waals surface area (Å²) in [5.41, 5.74) is 4.42. The summed E-state index contributed by atoms with van der Waals surface area (Å²) in [4.78, 5) is 15.9. The number of para-hydroxylation sites is 1. The number of rotatable bonds is 3. The Balaban J connectivity index is 1.74. The van der Waals surface area contributed by atoms with Crippen molar-refractivity contribution in [2.45, 2.75) is 6.54 Å². The normalized spacial score (nSPS) is 14.5. The van der Waals surface area contributed by atoms with Gasteiger partial charge in [0.1, 0.15) is 11.4 Å². The summed E-state index contributed by atoms with van der Waals surface area (Å²) in [5.74, 6) is -0.838. The van der Waals surface area contributed by atoms with Gasteiger partial charge in [-0.15, -0.1) is 5.10 Å². The van der Waals surface area contributed by atoms with Crippen molar-refractivity contribution in [1.82, 2.24) is 30.5 Å². The number of nitrogens with zero attached hydrogens (tertiary/aromatic N) is 6. The lowest BCUT2D eigenvalue weighted by Crippen LogP contribution is -2.24. The number of anilines is 3. The molecular weight excluding hydrogens is 332 g/mol. The van der Waals surface area contributed by atoms with E-state index in [4.69, 9.17) is 4.11 Å². The number of carbonyl (C=O) groups is 1. The van der Waals surface area contributed by atoms with Crippen LogP contribution in [0.4, 0.5) is 17.1 Å². The highest BCUT2D eigenvalue weighted by molar-refractivity contribution is 5.99. The van der Waals surface area contributed by atoms with E-state index >= 15 is 0 Å². The second-order valence-corrected chi connectivity index (χ2v) is 5.92. The third-order valence-electron chi connectivity index (χ3n) is 4.16. The van der Waals surface area contributed by atoms with Crippen LogP contribution >= 0.6 is 0 Å². The molecule has 1 aliphatic rings. The SMILES string of the molecule is [2H]C([2H])([2H])NC(=O)c1nnccc1Nc1cccc2c1N(C)Cc1nn(C)nc1-2. The first-order valence-electron chi connectivity index (χ1n) is 9.39. The van der Waals surface area contributed by atoms with E-state index in [0.717, 1.165) is 28.3 Å². The number of amides is 1. The number of hydrogen-bond donors (Lipinski definition) is 2. The van der Waals surface area contributed by atoms with E-state index in [-0.39, 0.29) is 5.69 Å². The summed E-state index contributed by atoms with van der Waals surface area (Å²) in [6.07, 6.45) is 1.42. The molecule has 0 bridgehead atoms. The van der Waals surface area contributed by atoms with Gasteiger partial charge in [0.25, 0.3) is 5.91 Å². The predicted octanol–water partition coefficient (Wildman–Crippen LogP) is 1.33. The average Bonchev–Trinajstić information content (AvgIpc) is 3.01. The number of aromatic nitrogens is 5. The lowest BCUT2D eigenvalue weighted by atomic mass is 10.0. The highest BCUT2D eigenvalue weighted by Crippen LogP contribution is 2.42. The molecule has 0 spiro atoms. The van der Waals surface area contributed by atoms with Crippen molar-refractivity contribution in [3.05, 3.63) is 41.9 Å². The van der Waals surface area contributed by atoms with E-state index in [2.05, 4.69) is 25.7 Å². The molecule has 132 valence electrons. The fourth-order valence-electron chi connectivity index (χ4n) is 3.12. The van der Waals surface area contributed by atoms with Gasteiger partial charge in [-0.2, -0.15) is 20.1 Å². The largest absolute Gasteiger partial charge is 0.366 e. The summed E-state index contributed by atoms with van der Waals surface area (Å²) in [5, 5.41) is 21.5. The van der Waals surface area contributed by atoms with E-state index in [1.165, 1.54) is 11.0 Å². The van der Waals surface area contributed by atoms with Crippen LogP contribution in [0.5, 0.6) is 0 Å². The fraction of sp³-hybridized carbons (Fsp3) is 0.235. The van der Waals surface area contributed by atoms with Crippen LogP contribution < -0.4 is 15.5 Å². The molecule has 0 saturated carbocycles. The third kappa shape index (κ3) is 2.53. The maximum Gasteiger partial charge on any atom is 0.273 e. The van der Waals surface area contributed by atoms with E-state index in [9.17, 15) is 4.79 Å². The Kier molecular flexibility index (Phi) is 3.01. The van der Waals surface area contributed by atoms with Gasteiger partial charge in [0.2, 0.25) is 0 Å². The highest BCUT2D eigenvalue weighted by atomic mass is 16.1. The van der Waals surface area contributed by atoms with Gasteiger partial charge in [-0.3, -0.25) is 4.79 Å². The first kappa shape index (κ1) is 12.8. The molecule has 2 aromatic heterocycles. The quantitative estimate of drug-likeness (QED) is 0.732. The predicted molar refractivity (Wildman–Crippen MR) is 97.3 cm³/mol. The first-order valence-corrected chi connectivity index (χ1v) is 7.89. The Morgan fingerprint density at radius 1 is 1.23 bits per heavy atom. The minimum absolute atomic E-state index is 0.111. The molecule has 9 heteroatoms. The van der Waals surface area contributed by atoms with Crippen LogP contribution in [-0.2, 0) is 13.6 Å². The van der Waals surface area contributed by atoms with Gasteiger partial charge in [0.05, 0.1) is 29.8 Å². The highest BCUT2D eigenvalue weighted by Gasteiger charge is 2.26. The molecule has 1 amide bonds. The third-order valence-corrected chi connectivity index (χ3v) is 4.16. The van der Waals surface area contributed by atoms with Crippen molar-refractivity contribution in [2.24, 2.45) is 7.05 Å². The maximum atomic E-state index is 12.3. The van der Waals surface area contributed by atoms with E-state index < -0.39 is 12.9 Å². The van der Waals surface area contributed by atoms with Crippen molar-refractivity contribution in [2.75, 3.05) is 24.2 Å². The summed E-state index contributed by atoms with van der Waals surface area (Å²) in [7, 11) is 3.72. The molecule has 0 atom stereocenters. The monoisotopic (exact) mass is 353 g/mol. The van der Waals surface area contributed by atoms with Gasteiger partial charge in [0, 0.05) is 30.7 Å². The van der Waals surface area contributed by atoms with Crippen molar-refractivity contribution < 1.29 is 8.91 Å². The van der Waals surface area contributed by atoms with Crippen LogP contribution in [-0.4, -0.2) is 45.1 Å². The van der Waals surface area contributed by atoms with Gasteiger partial charge in [-0.05, 0) is 12.1 Å². The Labute approximate surface area is 154 Å². The van der Waals surface area contributed by atoms with E-state index in [1.807, 2.05) is 35.5 Å². The Hall–Kier alpha value is -3.49. The number of carbonyl (C=O) groups excluding carboxylic acids is 1. The van der Waals surface area contributed by atoms with Gasteiger partial charge >= 0.3 is 0 Å². The number of benzene rings is 1. The number of hydrogen-bond acceptors (Lipinski definition) is 7.